The molecule has 2 rings (SSSR count). The van der Waals surface area contributed by atoms with E-state index in [4.69, 9.17) is 14.7 Å². The molecule has 0 saturated heterocycles. The molecule has 0 heterocycles. The largest absolute Gasteiger partial charge is 0.489 e. The molecule has 0 atom stereocenters. The van der Waals surface area contributed by atoms with E-state index in [0.29, 0.717) is 30.1 Å². The SMILES string of the molecule is CCOC(=O)c1ccc(OCc2cccc(C#N)c2)cc1. The average molecular weight is 281 g/mol. The lowest BCUT2D eigenvalue weighted by Crippen LogP contribution is -2.04. The van der Waals surface area contributed by atoms with Crippen LogP contribution in [0.15, 0.2) is 48.5 Å². The Labute approximate surface area is 123 Å². The molecule has 2 aromatic rings. The Kier molecular flexibility index (Phi) is 4.94. The van der Waals surface area contributed by atoms with Crippen LogP contribution < -0.4 is 4.74 Å². The summed E-state index contributed by atoms with van der Waals surface area (Å²) in [6.45, 7) is 2.49. The molecule has 106 valence electrons. The van der Waals surface area contributed by atoms with Gasteiger partial charge in [0.2, 0.25) is 0 Å². The van der Waals surface area contributed by atoms with E-state index in [2.05, 4.69) is 6.07 Å². The molecule has 0 saturated carbocycles. The number of nitrogens with zero attached hydrogens (tertiary/aromatic N) is 1. The summed E-state index contributed by atoms with van der Waals surface area (Å²) in [5.41, 5.74) is 2.02. The lowest BCUT2D eigenvalue weighted by Gasteiger charge is -2.07. The Balaban J connectivity index is 1.97. The van der Waals surface area contributed by atoms with E-state index in [9.17, 15) is 4.79 Å². The van der Waals surface area contributed by atoms with Gasteiger partial charge in [-0.2, -0.15) is 5.26 Å². The first kappa shape index (κ1) is 14.6. The van der Waals surface area contributed by atoms with Crippen LogP contribution in [-0.2, 0) is 11.3 Å². The Morgan fingerprint density at radius 3 is 2.62 bits per heavy atom. The number of hydrogen-bond donors (Lipinski definition) is 0. The second kappa shape index (κ2) is 7.11. The molecule has 2 aromatic carbocycles. The van der Waals surface area contributed by atoms with Crippen molar-refractivity contribution in [2.45, 2.75) is 13.5 Å². The van der Waals surface area contributed by atoms with Gasteiger partial charge in [0.25, 0.3) is 0 Å². The number of nitriles is 1. The summed E-state index contributed by atoms with van der Waals surface area (Å²) in [5, 5.41) is 8.84. The predicted octanol–water partition coefficient (Wildman–Crippen LogP) is 3.31. The monoisotopic (exact) mass is 281 g/mol. The van der Waals surface area contributed by atoms with Crippen LogP contribution in [0.1, 0.15) is 28.4 Å². The molecule has 21 heavy (non-hydrogen) atoms. The zero-order valence-corrected chi connectivity index (χ0v) is 11.7. The first-order valence-electron chi connectivity index (χ1n) is 6.62. The van der Waals surface area contributed by atoms with Crippen LogP contribution in [0.4, 0.5) is 0 Å². The van der Waals surface area contributed by atoms with Gasteiger partial charge in [0.15, 0.2) is 0 Å². The Morgan fingerprint density at radius 2 is 1.95 bits per heavy atom. The van der Waals surface area contributed by atoms with E-state index in [1.165, 1.54) is 0 Å². The molecule has 0 aromatic heterocycles. The minimum atomic E-state index is -0.342. The van der Waals surface area contributed by atoms with Gasteiger partial charge in [-0.15, -0.1) is 0 Å². The number of hydrogen-bond acceptors (Lipinski definition) is 4. The quantitative estimate of drug-likeness (QED) is 0.789. The Morgan fingerprint density at radius 1 is 1.19 bits per heavy atom. The molecular formula is C17H15NO3. The van der Waals surface area contributed by atoms with Gasteiger partial charge in [-0.05, 0) is 48.9 Å². The molecule has 0 fully saturated rings. The summed E-state index contributed by atoms with van der Waals surface area (Å²) in [7, 11) is 0. The van der Waals surface area contributed by atoms with Gasteiger partial charge >= 0.3 is 5.97 Å². The first-order chi connectivity index (χ1) is 10.2. The van der Waals surface area contributed by atoms with E-state index in [0.717, 1.165) is 5.56 Å². The molecule has 0 N–H and O–H groups in total. The number of benzene rings is 2. The van der Waals surface area contributed by atoms with Crippen LogP contribution in [-0.4, -0.2) is 12.6 Å². The zero-order chi connectivity index (χ0) is 15.1. The molecule has 4 heteroatoms. The van der Waals surface area contributed by atoms with Crippen LogP contribution in [0.3, 0.4) is 0 Å². The number of carbonyl (C=O) groups is 1. The zero-order valence-electron chi connectivity index (χ0n) is 11.7. The third-order valence-corrected chi connectivity index (χ3v) is 2.83. The Bertz CT molecular complexity index is 656. The van der Waals surface area contributed by atoms with E-state index in [1.54, 1.807) is 43.3 Å². The van der Waals surface area contributed by atoms with Gasteiger partial charge in [0, 0.05) is 0 Å². The van der Waals surface area contributed by atoms with Crippen molar-refractivity contribution in [2.75, 3.05) is 6.61 Å². The van der Waals surface area contributed by atoms with Crippen LogP contribution >= 0.6 is 0 Å². The van der Waals surface area contributed by atoms with Crippen molar-refractivity contribution in [3.8, 4) is 11.8 Å². The molecule has 4 nitrogen and oxygen atoms in total. The molecule has 0 unspecified atom stereocenters. The van der Waals surface area contributed by atoms with Crippen molar-refractivity contribution in [3.63, 3.8) is 0 Å². The van der Waals surface area contributed by atoms with Crippen molar-refractivity contribution in [1.82, 2.24) is 0 Å². The van der Waals surface area contributed by atoms with Crippen LogP contribution in [0.5, 0.6) is 5.75 Å². The first-order valence-corrected chi connectivity index (χ1v) is 6.62. The summed E-state index contributed by atoms with van der Waals surface area (Å²) in [5.74, 6) is 0.316. The number of ether oxygens (including phenoxy) is 2. The molecule has 0 radical (unpaired) electrons. The summed E-state index contributed by atoms with van der Waals surface area (Å²) >= 11 is 0. The summed E-state index contributed by atoms with van der Waals surface area (Å²) < 4.78 is 10.5. The summed E-state index contributed by atoms with van der Waals surface area (Å²) in [6, 6.07) is 16.1. The maximum absolute atomic E-state index is 11.5. The van der Waals surface area contributed by atoms with Crippen molar-refractivity contribution in [1.29, 1.82) is 5.26 Å². The van der Waals surface area contributed by atoms with Crippen molar-refractivity contribution < 1.29 is 14.3 Å². The molecule has 0 bridgehead atoms. The Hall–Kier alpha value is -2.80. The number of carbonyl (C=O) groups excluding carboxylic acids is 1. The molecule has 0 spiro atoms. The van der Waals surface area contributed by atoms with Gasteiger partial charge in [-0.1, -0.05) is 12.1 Å². The molecule has 0 aliphatic carbocycles. The van der Waals surface area contributed by atoms with E-state index >= 15 is 0 Å². The van der Waals surface area contributed by atoms with Crippen molar-refractivity contribution in [2.24, 2.45) is 0 Å². The van der Waals surface area contributed by atoms with Crippen molar-refractivity contribution >= 4 is 5.97 Å². The van der Waals surface area contributed by atoms with E-state index < -0.39 is 0 Å². The van der Waals surface area contributed by atoms with Crippen LogP contribution in [0.2, 0.25) is 0 Å². The number of esters is 1. The predicted molar refractivity (Wildman–Crippen MR) is 77.9 cm³/mol. The highest BCUT2D eigenvalue weighted by molar-refractivity contribution is 5.89. The van der Waals surface area contributed by atoms with Crippen LogP contribution in [0, 0.1) is 11.3 Å². The fourth-order valence-electron chi connectivity index (χ4n) is 1.80. The highest BCUT2D eigenvalue weighted by Crippen LogP contribution is 2.15. The standard InChI is InChI=1S/C17H15NO3/c1-2-20-17(19)15-6-8-16(9-7-15)21-12-14-5-3-4-13(10-14)11-18/h3-10H,2,12H2,1H3. The lowest BCUT2D eigenvalue weighted by molar-refractivity contribution is 0.0526. The lowest BCUT2D eigenvalue weighted by atomic mass is 10.1. The fraction of sp³-hybridized carbons (Fsp3) is 0.176. The van der Waals surface area contributed by atoms with Crippen molar-refractivity contribution in [3.05, 3.63) is 65.2 Å². The van der Waals surface area contributed by atoms with E-state index in [-0.39, 0.29) is 5.97 Å². The second-order valence-corrected chi connectivity index (χ2v) is 4.35. The molecule has 0 amide bonds. The molecular weight excluding hydrogens is 266 g/mol. The highest BCUT2D eigenvalue weighted by atomic mass is 16.5. The topological polar surface area (TPSA) is 59.3 Å². The second-order valence-electron chi connectivity index (χ2n) is 4.35. The third kappa shape index (κ3) is 4.08. The number of rotatable bonds is 5. The molecule has 0 aliphatic heterocycles. The van der Waals surface area contributed by atoms with Gasteiger partial charge in [0.1, 0.15) is 12.4 Å². The third-order valence-electron chi connectivity index (χ3n) is 2.83. The minimum Gasteiger partial charge on any atom is -0.489 e. The maximum atomic E-state index is 11.5. The summed E-state index contributed by atoms with van der Waals surface area (Å²) in [6.07, 6.45) is 0. The average Bonchev–Trinajstić information content (AvgIpc) is 2.54. The van der Waals surface area contributed by atoms with Gasteiger partial charge in [-0.25, -0.2) is 4.79 Å². The molecule has 0 aliphatic rings. The smallest absolute Gasteiger partial charge is 0.338 e. The fourth-order valence-corrected chi connectivity index (χ4v) is 1.80. The van der Waals surface area contributed by atoms with E-state index in [1.807, 2.05) is 12.1 Å². The maximum Gasteiger partial charge on any atom is 0.338 e. The van der Waals surface area contributed by atoms with Gasteiger partial charge in [-0.3, -0.25) is 0 Å². The normalized spacial score (nSPS) is 9.71. The minimum absolute atomic E-state index is 0.342. The van der Waals surface area contributed by atoms with Crippen LogP contribution in [0.25, 0.3) is 0 Å². The summed E-state index contributed by atoms with van der Waals surface area (Å²) in [4.78, 5) is 11.5. The van der Waals surface area contributed by atoms with Gasteiger partial charge < -0.3 is 9.47 Å². The highest BCUT2D eigenvalue weighted by Gasteiger charge is 2.06. The van der Waals surface area contributed by atoms with Gasteiger partial charge in [0.05, 0.1) is 23.8 Å².